The summed E-state index contributed by atoms with van der Waals surface area (Å²) in [4.78, 5) is 35.5. The van der Waals surface area contributed by atoms with Crippen molar-refractivity contribution in [2.75, 3.05) is 19.7 Å². The van der Waals surface area contributed by atoms with E-state index in [1.165, 1.54) is 4.90 Å². The highest BCUT2D eigenvalue weighted by atomic mass is 16.5. The molecule has 0 bridgehead atoms. The molecule has 0 aromatic carbocycles. The molecular formula is C10H16N2O4. The van der Waals surface area contributed by atoms with Crippen molar-refractivity contribution in [2.24, 2.45) is 0 Å². The second kappa shape index (κ2) is 5.48. The first-order valence-electron chi connectivity index (χ1n) is 5.29. The molecule has 1 saturated heterocycles. The van der Waals surface area contributed by atoms with Gasteiger partial charge >= 0.3 is 5.97 Å². The maximum Gasteiger partial charge on any atom is 0.315 e. The van der Waals surface area contributed by atoms with E-state index in [1.807, 2.05) is 0 Å². The van der Waals surface area contributed by atoms with Crippen LogP contribution in [0.1, 0.15) is 20.3 Å². The molecular weight excluding hydrogens is 212 g/mol. The van der Waals surface area contributed by atoms with Crippen molar-refractivity contribution in [2.45, 2.75) is 26.3 Å². The summed E-state index contributed by atoms with van der Waals surface area (Å²) in [5.74, 6) is -1.10. The monoisotopic (exact) mass is 228 g/mol. The molecule has 1 rings (SSSR count). The molecule has 0 aromatic rings. The first kappa shape index (κ1) is 12.5. The van der Waals surface area contributed by atoms with Crippen LogP contribution >= 0.6 is 0 Å². The van der Waals surface area contributed by atoms with Gasteiger partial charge in [0.1, 0.15) is 12.5 Å². The highest BCUT2D eigenvalue weighted by Gasteiger charge is 2.30. The molecule has 90 valence electrons. The van der Waals surface area contributed by atoms with Gasteiger partial charge in [0.15, 0.2) is 0 Å². The van der Waals surface area contributed by atoms with E-state index >= 15 is 0 Å². The molecule has 1 aliphatic rings. The Morgan fingerprint density at radius 3 is 2.88 bits per heavy atom. The largest absolute Gasteiger partial charge is 0.466 e. The van der Waals surface area contributed by atoms with Crippen LogP contribution in [0, 0.1) is 0 Å². The van der Waals surface area contributed by atoms with Crippen LogP contribution in [0.3, 0.4) is 0 Å². The third-order valence-electron chi connectivity index (χ3n) is 2.42. The fourth-order valence-corrected chi connectivity index (χ4v) is 1.56. The molecule has 1 atom stereocenters. The lowest BCUT2D eigenvalue weighted by molar-refractivity contribution is -0.152. The van der Waals surface area contributed by atoms with Crippen LogP contribution in [0.5, 0.6) is 0 Å². The van der Waals surface area contributed by atoms with Gasteiger partial charge < -0.3 is 15.0 Å². The Bertz CT molecular complexity index is 303. The van der Waals surface area contributed by atoms with Gasteiger partial charge in [-0.25, -0.2) is 0 Å². The number of amides is 2. The fraction of sp³-hybridized carbons (Fsp3) is 0.700. The van der Waals surface area contributed by atoms with Crippen LogP contribution in [0.25, 0.3) is 0 Å². The normalized spacial score (nSPS) is 20.2. The Kier molecular flexibility index (Phi) is 4.28. The Hall–Kier alpha value is -1.59. The third kappa shape index (κ3) is 2.95. The van der Waals surface area contributed by atoms with Crippen molar-refractivity contribution in [1.82, 2.24) is 10.2 Å². The smallest absolute Gasteiger partial charge is 0.315 e. The Morgan fingerprint density at radius 1 is 1.56 bits per heavy atom. The summed E-state index contributed by atoms with van der Waals surface area (Å²) in [5.41, 5.74) is 0. The van der Waals surface area contributed by atoms with Crippen LogP contribution in [-0.4, -0.2) is 48.4 Å². The second-order valence-electron chi connectivity index (χ2n) is 3.54. The molecule has 2 amide bonds. The van der Waals surface area contributed by atoms with E-state index in [9.17, 15) is 14.4 Å². The lowest BCUT2D eigenvalue weighted by atomic mass is 10.2. The number of hydrogen-bond donors (Lipinski definition) is 1. The minimum atomic E-state index is -0.550. The van der Waals surface area contributed by atoms with E-state index in [1.54, 1.807) is 13.8 Å². The molecule has 1 heterocycles. The number of esters is 1. The summed E-state index contributed by atoms with van der Waals surface area (Å²) in [6.45, 7) is 4.43. The quantitative estimate of drug-likeness (QED) is 0.511. The number of carbonyl (C=O) groups is 3. The van der Waals surface area contributed by atoms with Crippen molar-refractivity contribution in [1.29, 1.82) is 0 Å². The van der Waals surface area contributed by atoms with Gasteiger partial charge in [0, 0.05) is 13.1 Å². The lowest BCUT2D eigenvalue weighted by Gasteiger charge is -2.32. The molecule has 1 fully saturated rings. The van der Waals surface area contributed by atoms with Crippen molar-refractivity contribution >= 4 is 17.8 Å². The zero-order valence-corrected chi connectivity index (χ0v) is 9.49. The van der Waals surface area contributed by atoms with Gasteiger partial charge in [-0.1, -0.05) is 0 Å². The topological polar surface area (TPSA) is 75.7 Å². The number of piperazine rings is 1. The predicted molar refractivity (Wildman–Crippen MR) is 55.4 cm³/mol. The first-order valence-corrected chi connectivity index (χ1v) is 5.29. The Balaban J connectivity index is 2.52. The fourth-order valence-electron chi connectivity index (χ4n) is 1.56. The zero-order chi connectivity index (χ0) is 12.1. The number of rotatable bonds is 3. The molecule has 6 heteroatoms. The van der Waals surface area contributed by atoms with E-state index < -0.39 is 12.0 Å². The number of nitrogens with one attached hydrogen (secondary N) is 1. The van der Waals surface area contributed by atoms with Crippen molar-refractivity contribution in [3.63, 3.8) is 0 Å². The molecule has 0 spiro atoms. The van der Waals surface area contributed by atoms with Crippen molar-refractivity contribution in [3.8, 4) is 0 Å². The Labute approximate surface area is 93.9 Å². The van der Waals surface area contributed by atoms with Crippen molar-refractivity contribution < 1.29 is 19.1 Å². The summed E-state index contributed by atoms with van der Waals surface area (Å²) >= 11 is 0. The van der Waals surface area contributed by atoms with Gasteiger partial charge in [-0.2, -0.15) is 0 Å². The summed E-state index contributed by atoms with van der Waals surface area (Å²) in [7, 11) is 0. The average molecular weight is 228 g/mol. The summed E-state index contributed by atoms with van der Waals surface area (Å²) in [5, 5.41) is 2.65. The van der Waals surface area contributed by atoms with E-state index in [-0.39, 0.29) is 24.8 Å². The molecule has 6 nitrogen and oxygen atoms in total. The minimum Gasteiger partial charge on any atom is -0.466 e. The molecule has 0 radical (unpaired) electrons. The van der Waals surface area contributed by atoms with Crippen molar-refractivity contribution in [3.05, 3.63) is 0 Å². The molecule has 16 heavy (non-hydrogen) atoms. The first-order chi connectivity index (χ1) is 7.56. The van der Waals surface area contributed by atoms with Gasteiger partial charge in [-0.15, -0.1) is 0 Å². The van der Waals surface area contributed by atoms with Crippen LogP contribution in [0.15, 0.2) is 0 Å². The van der Waals surface area contributed by atoms with E-state index in [2.05, 4.69) is 10.1 Å². The SMILES string of the molecule is CCOC(=O)CC(=O)N1CCNC(=O)C1C. The van der Waals surface area contributed by atoms with E-state index in [4.69, 9.17) is 0 Å². The van der Waals surface area contributed by atoms with Crippen LogP contribution in [0.4, 0.5) is 0 Å². The van der Waals surface area contributed by atoms with E-state index in [0.29, 0.717) is 13.1 Å². The van der Waals surface area contributed by atoms with Crippen LogP contribution < -0.4 is 5.32 Å². The van der Waals surface area contributed by atoms with Crippen LogP contribution in [-0.2, 0) is 19.1 Å². The van der Waals surface area contributed by atoms with Gasteiger partial charge in [0.2, 0.25) is 11.8 Å². The number of hydrogen-bond acceptors (Lipinski definition) is 4. The van der Waals surface area contributed by atoms with Crippen LogP contribution in [0.2, 0.25) is 0 Å². The molecule has 1 N–H and O–H groups in total. The molecule has 0 aliphatic carbocycles. The molecule has 0 saturated carbocycles. The maximum absolute atomic E-state index is 11.7. The van der Waals surface area contributed by atoms with E-state index in [0.717, 1.165) is 0 Å². The predicted octanol–water partition coefficient (Wildman–Crippen LogP) is -0.713. The highest BCUT2D eigenvalue weighted by Crippen LogP contribution is 2.06. The van der Waals surface area contributed by atoms with Gasteiger partial charge in [-0.3, -0.25) is 14.4 Å². The third-order valence-corrected chi connectivity index (χ3v) is 2.42. The maximum atomic E-state index is 11.7. The number of carbonyl (C=O) groups excluding carboxylic acids is 3. The standard InChI is InChI=1S/C10H16N2O4/c1-3-16-9(14)6-8(13)12-5-4-11-10(15)7(12)2/h7H,3-6H2,1-2H3,(H,11,15). The highest BCUT2D eigenvalue weighted by molar-refractivity contribution is 5.97. The second-order valence-corrected chi connectivity index (χ2v) is 3.54. The average Bonchev–Trinajstić information content (AvgIpc) is 2.22. The Morgan fingerprint density at radius 2 is 2.25 bits per heavy atom. The molecule has 0 aromatic heterocycles. The zero-order valence-electron chi connectivity index (χ0n) is 9.49. The molecule has 1 aliphatic heterocycles. The van der Waals surface area contributed by atoms with Gasteiger partial charge in [0.25, 0.3) is 0 Å². The minimum absolute atomic E-state index is 0.191. The summed E-state index contributed by atoms with van der Waals surface area (Å²) < 4.78 is 4.68. The van der Waals surface area contributed by atoms with Gasteiger partial charge in [-0.05, 0) is 13.8 Å². The number of nitrogens with zero attached hydrogens (tertiary/aromatic N) is 1. The van der Waals surface area contributed by atoms with Gasteiger partial charge in [0.05, 0.1) is 6.61 Å². The number of ether oxygens (including phenoxy) is 1. The summed E-state index contributed by atoms with van der Waals surface area (Å²) in [6, 6.07) is -0.518. The lowest BCUT2D eigenvalue weighted by Crippen LogP contribution is -2.56. The molecule has 1 unspecified atom stereocenters. The summed E-state index contributed by atoms with van der Waals surface area (Å²) in [6.07, 6.45) is -0.300.